The van der Waals surface area contributed by atoms with Gasteiger partial charge in [-0.05, 0) is 61.0 Å². The van der Waals surface area contributed by atoms with Gasteiger partial charge < -0.3 is 36.0 Å². The Bertz CT molecular complexity index is 1270. The first-order chi connectivity index (χ1) is 18.6. The van der Waals surface area contributed by atoms with Crippen LogP contribution in [0, 0.1) is 0 Å². The summed E-state index contributed by atoms with van der Waals surface area (Å²) in [7, 11) is 0. The minimum absolute atomic E-state index is 0.00775. The van der Waals surface area contributed by atoms with Gasteiger partial charge in [0.1, 0.15) is 0 Å². The molecule has 1 aromatic heterocycles. The summed E-state index contributed by atoms with van der Waals surface area (Å²) in [4.78, 5) is 23.1. The number of hydrogen-bond acceptors (Lipinski definition) is 9. The van der Waals surface area contributed by atoms with Crippen LogP contribution in [0.4, 0.5) is 22.7 Å². The van der Waals surface area contributed by atoms with Gasteiger partial charge in [-0.3, -0.25) is 4.79 Å². The van der Waals surface area contributed by atoms with E-state index in [-0.39, 0.29) is 19.0 Å². The number of nitrogens with zero attached hydrogens (tertiary/aromatic N) is 4. The third kappa shape index (κ3) is 7.31. The molecule has 10 nitrogen and oxygen atoms in total. The number of nitrogens with one attached hydrogen (secondary N) is 2. The Hall–Kier alpha value is -4.41. The van der Waals surface area contributed by atoms with E-state index in [1.165, 1.54) is 6.08 Å². The molecule has 1 aliphatic rings. The lowest BCUT2D eigenvalue weighted by Crippen LogP contribution is -2.29. The normalized spacial score (nSPS) is 14.3. The predicted octanol–water partition coefficient (Wildman–Crippen LogP) is 2.67. The standard InChI is InChI=1S/C28H33N7O3/c29-25-18-28(38)27(19-26(25)32-23-6-8-24(9-7-23)35(14-16-36)15-17-37)33-22-4-2-21(3-5-22)31-10-1-12-34-13-11-30-20-34/h2-9,11,13,18-20,31,33,36-37H,1,10,12,14-17,29H2. The van der Waals surface area contributed by atoms with E-state index in [2.05, 4.69) is 20.6 Å². The molecule has 0 amide bonds. The van der Waals surface area contributed by atoms with Crippen molar-refractivity contribution in [1.29, 1.82) is 0 Å². The molecule has 2 aromatic carbocycles. The Morgan fingerprint density at radius 2 is 1.68 bits per heavy atom. The van der Waals surface area contributed by atoms with Crippen molar-refractivity contribution in [3.63, 3.8) is 0 Å². The number of aliphatic hydroxyl groups is 2. The van der Waals surface area contributed by atoms with E-state index in [0.29, 0.717) is 35.9 Å². The molecule has 10 heteroatoms. The van der Waals surface area contributed by atoms with Gasteiger partial charge in [0.15, 0.2) is 0 Å². The second-order valence-corrected chi connectivity index (χ2v) is 8.75. The summed E-state index contributed by atoms with van der Waals surface area (Å²) in [5, 5.41) is 25.1. The highest BCUT2D eigenvalue weighted by molar-refractivity contribution is 6.23. The highest BCUT2D eigenvalue weighted by Gasteiger charge is 2.17. The monoisotopic (exact) mass is 515 g/mol. The number of aliphatic hydroxyl groups excluding tert-OH is 2. The van der Waals surface area contributed by atoms with Gasteiger partial charge in [0.2, 0.25) is 5.78 Å². The van der Waals surface area contributed by atoms with Gasteiger partial charge in [-0.2, -0.15) is 0 Å². The molecule has 0 bridgehead atoms. The van der Waals surface area contributed by atoms with Crippen molar-refractivity contribution >= 4 is 34.2 Å². The summed E-state index contributed by atoms with van der Waals surface area (Å²) in [5.41, 5.74) is 10.6. The number of imidazole rings is 1. The number of aryl methyl sites for hydroxylation is 1. The van der Waals surface area contributed by atoms with E-state index in [1.807, 2.05) is 70.5 Å². The zero-order valence-corrected chi connectivity index (χ0v) is 21.1. The van der Waals surface area contributed by atoms with Gasteiger partial charge >= 0.3 is 0 Å². The highest BCUT2D eigenvalue weighted by Crippen LogP contribution is 2.23. The average molecular weight is 516 g/mol. The number of benzene rings is 2. The number of aliphatic imine (C=N–C) groups is 1. The lowest BCUT2D eigenvalue weighted by molar-refractivity contribution is -0.111. The Kier molecular flexibility index (Phi) is 9.27. The summed E-state index contributed by atoms with van der Waals surface area (Å²) >= 11 is 0. The summed E-state index contributed by atoms with van der Waals surface area (Å²) in [6.45, 7) is 2.57. The molecular formula is C28H33N7O3. The maximum atomic E-state index is 12.6. The van der Waals surface area contributed by atoms with Crippen LogP contribution in [0.2, 0.25) is 0 Å². The van der Waals surface area contributed by atoms with E-state index >= 15 is 0 Å². The molecule has 0 atom stereocenters. The Morgan fingerprint density at radius 1 is 0.974 bits per heavy atom. The molecule has 0 radical (unpaired) electrons. The number of nitrogens with two attached hydrogens (primary N) is 1. The summed E-state index contributed by atoms with van der Waals surface area (Å²) in [6, 6.07) is 15.1. The van der Waals surface area contributed by atoms with Crippen LogP contribution in [-0.2, 0) is 11.3 Å². The smallest absolute Gasteiger partial charge is 0.204 e. The number of allylic oxidation sites excluding steroid dienone is 2. The van der Waals surface area contributed by atoms with Crippen molar-refractivity contribution in [2.24, 2.45) is 10.7 Å². The zero-order valence-electron chi connectivity index (χ0n) is 21.1. The molecule has 1 aliphatic carbocycles. The van der Waals surface area contributed by atoms with Gasteiger partial charge in [-0.25, -0.2) is 9.98 Å². The molecule has 0 spiro atoms. The molecule has 3 aromatic rings. The topological polar surface area (TPSA) is 141 Å². The minimum atomic E-state index is -0.220. The SMILES string of the molecule is NC1=CC(=O)C(Nc2ccc(NCCCn3ccnc3)cc2)=CC1=Nc1ccc(N(CCO)CCO)cc1. The maximum Gasteiger partial charge on any atom is 0.204 e. The van der Waals surface area contributed by atoms with Gasteiger partial charge in [0, 0.05) is 61.7 Å². The Morgan fingerprint density at radius 3 is 2.34 bits per heavy atom. The van der Waals surface area contributed by atoms with E-state index < -0.39 is 0 Å². The van der Waals surface area contributed by atoms with E-state index in [1.54, 1.807) is 12.3 Å². The van der Waals surface area contributed by atoms with Crippen molar-refractivity contribution in [2.45, 2.75) is 13.0 Å². The van der Waals surface area contributed by atoms with Gasteiger partial charge in [-0.15, -0.1) is 0 Å². The molecule has 0 aliphatic heterocycles. The molecule has 1 heterocycles. The molecule has 0 unspecified atom stereocenters. The van der Waals surface area contributed by atoms with Gasteiger partial charge in [0.25, 0.3) is 0 Å². The molecule has 4 rings (SSSR count). The molecule has 38 heavy (non-hydrogen) atoms. The fourth-order valence-corrected chi connectivity index (χ4v) is 4.01. The van der Waals surface area contributed by atoms with Gasteiger partial charge in [0.05, 0.1) is 42.3 Å². The van der Waals surface area contributed by atoms with E-state index in [4.69, 9.17) is 5.73 Å². The quantitative estimate of drug-likeness (QED) is 0.173. The van der Waals surface area contributed by atoms with Crippen LogP contribution in [0.5, 0.6) is 0 Å². The minimum Gasteiger partial charge on any atom is -0.397 e. The first-order valence-electron chi connectivity index (χ1n) is 12.5. The van der Waals surface area contributed by atoms with Crippen LogP contribution in [0.25, 0.3) is 0 Å². The number of carbonyl (C=O) groups is 1. The summed E-state index contributed by atoms with van der Waals surface area (Å²) in [5.74, 6) is -0.220. The highest BCUT2D eigenvalue weighted by atomic mass is 16.3. The number of hydrogen-bond donors (Lipinski definition) is 5. The molecule has 0 fully saturated rings. The first kappa shape index (κ1) is 26.6. The van der Waals surface area contributed by atoms with Crippen molar-refractivity contribution in [3.8, 4) is 0 Å². The van der Waals surface area contributed by atoms with Crippen LogP contribution in [-0.4, -0.2) is 64.1 Å². The van der Waals surface area contributed by atoms with E-state index in [0.717, 1.165) is 36.6 Å². The Labute approximate surface area is 221 Å². The fourth-order valence-electron chi connectivity index (χ4n) is 4.01. The lowest BCUT2D eigenvalue weighted by Gasteiger charge is -2.22. The number of ketones is 1. The molecule has 198 valence electrons. The largest absolute Gasteiger partial charge is 0.397 e. The third-order valence-electron chi connectivity index (χ3n) is 5.98. The molecule has 0 saturated heterocycles. The number of rotatable bonds is 13. The van der Waals surface area contributed by atoms with Crippen LogP contribution >= 0.6 is 0 Å². The van der Waals surface area contributed by atoms with Crippen LogP contribution in [0.1, 0.15) is 6.42 Å². The summed E-state index contributed by atoms with van der Waals surface area (Å²) in [6.07, 6.45) is 9.53. The lowest BCUT2D eigenvalue weighted by atomic mass is 10.1. The van der Waals surface area contributed by atoms with Crippen LogP contribution in [0.15, 0.2) is 95.8 Å². The first-order valence-corrected chi connectivity index (χ1v) is 12.5. The zero-order chi connectivity index (χ0) is 26.7. The molecular weight excluding hydrogens is 482 g/mol. The van der Waals surface area contributed by atoms with E-state index in [9.17, 15) is 15.0 Å². The predicted molar refractivity (Wildman–Crippen MR) is 151 cm³/mol. The molecule has 6 N–H and O–H groups in total. The number of aromatic nitrogens is 2. The summed E-state index contributed by atoms with van der Waals surface area (Å²) < 4.78 is 2.04. The Balaban J connectivity index is 1.38. The average Bonchev–Trinajstić information content (AvgIpc) is 3.44. The van der Waals surface area contributed by atoms with Crippen molar-refractivity contribution in [1.82, 2.24) is 9.55 Å². The van der Waals surface area contributed by atoms with Crippen molar-refractivity contribution in [2.75, 3.05) is 48.4 Å². The van der Waals surface area contributed by atoms with Crippen LogP contribution < -0.4 is 21.3 Å². The third-order valence-corrected chi connectivity index (χ3v) is 5.98. The number of anilines is 3. The second kappa shape index (κ2) is 13.2. The van der Waals surface area contributed by atoms with Crippen molar-refractivity contribution < 1.29 is 15.0 Å². The van der Waals surface area contributed by atoms with Gasteiger partial charge in [-0.1, -0.05) is 0 Å². The molecule has 0 saturated carbocycles. The fraction of sp³-hybridized carbons (Fsp3) is 0.250. The van der Waals surface area contributed by atoms with Crippen LogP contribution in [0.3, 0.4) is 0 Å². The second-order valence-electron chi connectivity index (χ2n) is 8.75. The maximum absolute atomic E-state index is 12.6. The van der Waals surface area contributed by atoms with Crippen molar-refractivity contribution in [3.05, 3.63) is 90.8 Å². The number of carbonyl (C=O) groups excluding carboxylic acids is 1.